The van der Waals surface area contributed by atoms with Crippen molar-refractivity contribution >= 4 is 34.2 Å². The standard InChI is InChI=1S/C15H20BrFN2O.ClH/c16-12-6-5-11(14(17)9-12)3-1-8-19-15(20)10-13-4-2-7-18-13;/h5-6,9,13,18H,1-4,7-8,10H2,(H,19,20);1H. The van der Waals surface area contributed by atoms with Crippen LogP contribution in [0.1, 0.15) is 31.2 Å². The van der Waals surface area contributed by atoms with Gasteiger partial charge in [-0.1, -0.05) is 22.0 Å². The number of nitrogens with one attached hydrogen (secondary N) is 2. The first-order chi connectivity index (χ1) is 9.65. The Kier molecular flexibility index (Phi) is 8.22. The fourth-order valence-electron chi connectivity index (χ4n) is 2.46. The molecule has 1 fully saturated rings. The summed E-state index contributed by atoms with van der Waals surface area (Å²) in [6, 6.07) is 5.42. The zero-order valence-electron chi connectivity index (χ0n) is 11.8. The highest BCUT2D eigenvalue weighted by molar-refractivity contribution is 9.10. The maximum Gasteiger partial charge on any atom is 0.221 e. The van der Waals surface area contributed by atoms with Gasteiger partial charge in [0.15, 0.2) is 0 Å². The number of aryl methyl sites for hydroxylation is 1. The van der Waals surface area contributed by atoms with Crippen molar-refractivity contribution < 1.29 is 9.18 Å². The molecule has 1 saturated heterocycles. The van der Waals surface area contributed by atoms with Crippen LogP contribution in [0.2, 0.25) is 0 Å². The van der Waals surface area contributed by atoms with Gasteiger partial charge in [-0.2, -0.15) is 0 Å². The van der Waals surface area contributed by atoms with E-state index in [2.05, 4.69) is 26.6 Å². The van der Waals surface area contributed by atoms with Crippen LogP contribution in [-0.4, -0.2) is 25.0 Å². The molecule has 1 aliphatic rings. The third-order valence-electron chi connectivity index (χ3n) is 3.55. The lowest BCUT2D eigenvalue weighted by Crippen LogP contribution is -2.32. The quantitative estimate of drug-likeness (QED) is 0.745. The summed E-state index contributed by atoms with van der Waals surface area (Å²) in [5, 5.41) is 6.20. The molecule has 1 atom stereocenters. The van der Waals surface area contributed by atoms with Crippen LogP contribution < -0.4 is 10.6 Å². The average Bonchev–Trinajstić information content (AvgIpc) is 2.89. The maximum atomic E-state index is 13.6. The molecule has 1 unspecified atom stereocenters. The highest BCUT2D eigenvalue weighted by Crippen LogP contribution is 2.16. The van der Waals surface area contributed by atoms with E-state index in [1.54, 1.807) is 6.07 Å². The Morgan fingerprint density at radius 2 is 2.29 bits per heavy atom. The molecule has 1 aromatic rings. The fourth-order valence-corrected chi connectivity index (χ4v) is 2.79. The average molecular weight is 380 g/mol. The van der Waals surface area contributed by atoms with Crippen LogP contribution >= 0.6 is 28.3 Å². The van der Waals surface area contributed by atoms with Crippen molar-refractivity contribution in [2.75, 3.05) is 13.1 Å². The lowest BCUT2D eigenvalue weighted by atomic mass is 10.1. The molecule has 3 nitrogen and oxygen atoms in total. The normalized spacial score (nSPS) is 17.3. The molecule has 21 heavy (non-hydrogen) atoms. The SMILES string of the molecule is Cl.O=C(CC1CCCN1)NCCCc1ccc(Br)cc1F. The molecule has 0 bridgehead atoms. The fraction of sp³-hybridized carbons (Fsp3) is 0.533. The molecule has 1 heterocycles. The van der Waals surface area contributed by atoms with Gasteiger partial charge < -0.3 is 10.6 Å². The van der Waals surface area contributed by atoms with Crippen molar-refractivity contribution in [2.45, 2.75) is 38.1 Å². The molecule has 118 valence electrons. The highest BCUT2D eigenvalue weighted by atomic mass is 79.9. The summed E-state index contributed by atoms with van der Waals surface area (Å²) in [6.07, 6.45) is 4.18. The van der Waals surface area contributed by atoms with Gasteiger partial charge in [0.1, 0.15) is 5.82 Å². The highest BCUT2D eigenvalue weighted by Gasteiger charge is 2.17. The lowest BCUT2D eigenvalue weighted by Gasteiger charge is -2.10. The number of amides is 1. The van der Waals surface area contributed by atoms with Gasteiger partial charge in [0.05, 0.1) is 0 Å². The Balaban J connectivity index is 0.00000220. The second-order valence-corrected chi connectivity index (χ2v) is 6.10. The Labute approximate surface area is 139 Å². The van der Waals surface area contributed by atoms with Crippen LogP contribution in [0, 0.1) is 5.82 Å². The third-order valence-corrected chi connectivity index (χ3v) is 4.05. The Morgan fingerprint density at radius 3 is 2.95 bits per heavy atom. The summed E-state index contributed by atoms with van der Waals surface area (Å²) in [5.41, 5.74) is 0.694. The van der Waals surface area contributed by atoms with E-state index in [4.69, 9.17) is 0 Å². The van der Waals surface area contributed by atoms with Gasteiger partial charge in [0, 0.05) is 23.5 Å². The predicted octanol–water partition coefficient (Wildman–Crippen LogP) is 3.20. The molecule has 1 aliphatic heterocycles. The molecule has 6 heteroatoms. The molecular weight excluding hydrogens is 359 g/mol. The Hall–Kier alpha value is -0.650. The zero-order valence-corrected chi connectivity index (χ0v) is 14.2. The van der Waals surface area contributed by atoms with Crippen LogP contribution in [0.25, 0.3) is 0 Å². The van der Waals surface area contributed by atoms with Crippen molar-refractivity contribution in [2.24, 2.45) is 0 Å². The summed E-state index contributed by atoms with van der Waals surface area (Å²) in [7, 11) is 0. The summed E-state index contributed by atoms with van der Waals surface area (Å²) in [6.45, 7) is 1.61. The second-order valence-electron chi connectivity index (χ2n) is 5.19. The molecule has 1 aromatic carbocycles. The van der Waals surface area contributed by atoms with Crippen molar-refractivity contribution in [3.8, 4) is 0 Å². The van der Waals surface area contributed by atoms with E-state index in [-0.39, 0.29) is 24.1 Å². The van der Waals surface area contributed by atoms with Gasteiger partial charge in [-0.05, 0) is 49.9 Å². The summed E-state index contributed by atoms with van der Waals surface area (Å²) in [5.74, 6) is -0.110. The number of hydrogen-bond donors (Lipinski definition) is 2. The first-order valence-electron chi connectivity index (χ1n) is 7.09. The van der Waals surface area contributed by atoms with Crippen LogP contribution in [-0.2, 0) is 11.2 Å². The molecule has 0 aromatic heterocycles. The van der Waals surface area contributed by atoms with Gasteiger partial charge in [-0.25, -0.2) is 4.39 Å². The van der Waals surface area contributed by atoms with E-state index < -0.39 is 0 Å². The summed E-state index contributed by atoms with van der Waals surface area (Å²) < 4.78 is 14.3. The molecule has 0 radical (unpaired) electrons. The first-order valence-corrected chi connectivity index (χ1v) is 7.88. The number of hydrogen-bond acceptors (Lipinski definition) is 2. The van der Waals surface area contributed by atoms with Gasteiger partial charge in [0.2, 0.25) is 5.91 Å². The van der Waals surface area contributed by atoms with Crippen molar-refractivity contribution in [1.29, 1.82) is 0 Å². The number of carbonyl (C=O) groups is 1. The number of halogens is 3. The van der Waals surface area contributed by atoms with Crippen LogP contribution in [0.4, 0.5) is 4.39 Å². The number of benzene rings is 1. The molecule has 2 N–H and O–H groups in total. The largest absolute Gasteiger partial charge is 0.356 e. The van der Waals surface area contributed by atoms with Crippen molar-refractivity contribution in [3.05, 3.63) is 34.1 Å². The molecular formula is C15H21BrClFN2O. The molecule has 2 rings (SSSR count). The van der Waals surface area contributed by atoms with Gasteiger partial charge in [0.25, 0.3) is 0 Å². The summed E-state index contributed by atoms with van der Waals surface area (Å²) in [4.78, 5) is 11.7. The van der Waals surface area contributed by atoms with E-state index >= 15 is 0 Å². The van der Waals surface area contributed by atoms with Crippen molar-refractivity contribution in [3.63, 3.8) is 0 Å². The van der Waals surface area contributed by atoms with E-state index in [9.17, 15) is 9.18 Å². The van der Waals surface area contributed by atoms with Gasteiger partial charge >= 0.3 is 0 Å². The minimum Gasteiger partial charge on any atom is -0.356 e. The lowest BCUT2D eigenvalue weighted by molar-refractivity contribution is -0.121. The smallest absolute Gasteiger partial charge is 0.221 e. The predicted molar refractivity (Wildman–Crippen MR) is 88.3 cm³/mol. The van der Waals surface area contributed by atoms with Crippen LogP contribution in [0.3, 0.4) is 0 Å². The summed E-state index contributed by atoms with van der Waals surface area (Å²) >= 11 is 3.24. The molecule has 0 aliphatic carbocycles. The monoisotopic (exact) mass is 378 g/mol. The van der Waals surface area contributed by atoms with Crippen LogP contribution in [0.5, 0.6) is 0 Å². The van der Waals surface area contributed by atoms with E-state index in [0.717, 1.165) is 30.3 Å². The number of carbonyl (C=O) groups excluding carboxylic acids is 1. The minimum absolute atomic E-state index is 0. The number of rotatable bonds is 6. The third kappa shape index (κ3) is 6.32. The maximum absolute atomic E-state index is 13.6. The van der Waals surface area contributed by atoms with E-state index in [1.807, 2.05) is 6.07 Å². The van der Waals surface area contributed by atoms with Crippen molar-refractivity contribution in [1.82, 2.24) is 10.6 Å². The first kappa shape index (κ1) is 18.4. The topological polar surface area (TPSA) is 41.1 Å². The zero-order chi connectivity index (χ0) is 14.4. The Morgan fingerprint density at radius 1 is 1.48 bits per heavy atom. The minimum atomic E-state index is -0.194. The molecule has 0 saturated carbocycles. The molecule has 0 spiro atoms. The van der Waals surface area contributed by atoms with Crippen LogP contribution in [0.15, 0.2) is 22.7 Å². The second kappa shape index (κ2) is 9.38. The van der Waals surface area contributed by atoms with E-state index in [0.29, 0.717) is 31.0 Å². The van der Waals surface area contributed by atoms with Gasteiger partial charge in [-0.3, -0.25) is 4.79 Å². The van der Waals surface area contributed by atoms with Gasteiger partial charge in [-0.15, -0.1) is 12.4 Å². The Bertz CT molecular complexity index is 467. The molecule has 1 amide bonds. The van der Waals surface area contributed by atoms with E-state index in [1.165, 1.54) is 6.07 Å².